The molecular formula is C25H35N6NaO4S. The van der Waals surface area contributed by atoms with Crippen LogP contribution in [0.2, 0.25) is 0 Å². The third-order valence-electron chi connectivity index (χ3n) is 8.05. The van der Waals surface area contributed by atoms with Crippen LogP contribution < -0.4 is 43.9 Å². The van der Waals surface area contributed by atoms with Gasteiger partial charge in [0.05, 0.1) is 31.1 Å². The standard InChI is InChI=1S/C25H34N6O4S.Na.H/c1-29-10-8-19(9-11-29)31(20-13-26-30(14-20)21-15-35-16-21)36(33,34)28-25(32)27-24-22-6-2-4-17(22)12-18-5-3-7-23(18)24;;/h12-14,19,21H,2-11,15-16H2,1H3,(H2,27,28,32);;/q;+1;-1. The minimum absolute atomic E-state index is 0. The number of hydrogen-bond donors (Lipinski definition) is 2. The van der Waals surface area contributed by atoms with Gasteiger partial charge in [-0.2, -0.15) is 13.5 Å². The zero-order chi connectivity index (χ0) is 24.9. The molecule has 2 aliphatic carbocycles. The van der Waals surface area contributed by atoms with Gasteiger partial charge in [-0.25, -0.2) is 13.8 Å². The number of urea groups is 1. The van der Waals surface area contributed by atoms with Crippen LogP contribution >= 0.6 is 0 Å². The van der Waals surface area contributed by atoms with Gasteiger partial charge in [0, 0.05) is 17.9 Å². The smallest absolute Gasteiger partial charge is 1.00 e. The molecule has 2 N–H and O–H groups in total. The van der Waals surface area contributed by atoms with Crippen molar-refractivity contribution in [2.24, 2.45) is 0 Å². The molecule has 12 heteroatoms. The van der Waals surface area contributed by atoms with Crippen LogP contribution in [-0.2, 0) is 40.6 Å². The zero-order valence-electron chi connectivity index (χ0n) is 22.7. The van der Waals surface area contributed by atoms with Crippen LogP contribution in [0.25, 0.3) is 0 Å². The molecule has 0 atom stereocenters. The maximum atomic E-state index is 13.7. The number of hydrogen-bond acceptors (Lipinski definition) is 6. The summed E-state index contributed by atoms with van der Waals surface area (Å²) in [5.41, 5.74) is 6.20. The number of likely N-dealkylation sites (tertiary alicyclic amines) is 1. The Morgan fingerprint density at radius 2 is 1.76 bits per heavy atom. The molecule has 6 rings (SSSR count). The molecule has 2 aromatic rings. The first kappa shape index (κ1) is 27.0. The van der Waals surface area contributed by atoms with Gasteiger partial charge in [0.15, 0.2) is 0 Å². The summed E-state index contributed by atoms with van der Waals surface area (Å²) < 4.78 is 38.2. The van der Waals surface area contributed by atoms with Gasteiger partial charge in [-0.05, 0) is 93.8 Å². The molecule has 0 radical (unpaired) electrons. The van der Waals surface area contributed by atoms with Gasteiger partial charge in [0.25, 0.3) is 0 Å². The van der Waals surface area contributed by atoms with Crippen molar-refractivity contribution in [3.8, 4) is 0 Å². The number of fused-ring (bicyclic) bond motifs is 2. The number of nitrogens with zero attached hydrogens (tertiary/aromatic N) is 4. The molecule has 3 heterocycles. The zero-order valence-corrected chi connectivity index (χ0v) is 24.5. The Morgan fingerprint density at radius 3 is 2.35 bits per heavy atom. The summed E-state index contributed by atoms with van der Waals surface area (Å²) in [6.45, 7) is 2.70. The van der Waals surface area contributed by atoms with Crippen LogP contribution in [0.15, 0.2) is 18.5 Å². The van der Waals surface area contributed by atoms with Crippen molar-refractivity contribution in [2.45, 2.75) is 63.5 Å². The number of aromatic nitrogens is 2. The Hall–Kier alpha value is -1.63. The molecule has 1 aromatic carbocycles. The predicted octanol–water partition coefficient (Wildman–Crippen LogP) is -0.485. The summed E-state index contributed by atoms with van der Waals surface area (Å²) in [6.07, 6.45) is 10.7. The number of rotatable bonds is 6. The van der Waals surface area contributed by atoms with Crippen LogP contribution in [0.1, 0.15) is 55.4 Å². The molecule has 2 aliphatic heterocycles. The van der Waals surface area contributed by atoms with E-state index in [1.54, 1.807) is 17.1 Å². The summed E-state index contributed by atoms with van der Waals surface area (Å²) >= 11 is 0. The van der Waals surface area contributed by atoms with Gasteiger partial charge < -0.3 is 16.4 Å². The first-order chi connectivity index (χ1) is 17.4. The maximum Gasteiger partial charge on any atom is 1.00 e. The number of carbonyl (C=O) groups excluding carboxylic acids is 1. The average molecular weight is 539 g/mol. The fourth-order valence-electron chi connectivity index (χ4n) is 6.07. The molecule has 0 saturated carbocycles. The minimum atomic E-state index is -4.17. The first-order valence-electron chi connectivity index (χ1n) is 13.0. The number of aryl methyl sites for hydroxylation is 2. The Kier molecular flexibility index (Phi) is 7.91. The molecular weight excluding hydrogens is 503 g/mol. The summed E-state index contributed by atoms with van der Waals surface area (Å²) in [5, 5.41) is 7.36. The summed E-state index contributed by atoms with van der Waals surface area (Å²) in [4.78, 5) is 15.4. The number of nitrogens with one attached hydrogen (secondary N) is 2. The second kappa shape index (κ2) is 10.9. The first-order valence-corrected chi connectivity index (χ1v) is 14.4. The van der Waals surface area contributed by atoms with Crippen molar-refractivity contribution >= 4 is 27.6 Å². The van der Waals surface area contributed by atoms with Gasteiger partial charge in [-0.1, -0.05) is 6.07 Å². The van der Waals surface area contributed by atoms with Gasteiger partial charge in [0.2, 0.25) is 0 Å². The topological polar surface area (TPSA) is 109 Å². The van der Waals surface area contributed by atoms with E-state index in [4.69, 9.17) is 4.74 Å². The molecule has 0 spiro atoms. The summed E-state index contributed by atoms with van der Waals surface area (Å²) in [6, 6.07) is 1.44. The molecule has 2 saturated heterocycles. The predicted molar refractivity (Wildman–Crippen MR) is 138 cm³/mol. The molecule has 37 heavy (non-hydrogen) atoms. The second-order valence-corrected chi connectivity index (χ2v) is 12.0. The Labute approximate surface area is 242 Å². The quantitative estimate of drug-likeness (QED) is 0.481. The van der Waals surface area contributed by atoms with Crippen molar-refractivity contribution in [2.75, 3.05) is 43.0 Å². The third kappa shape index (κ3) is 5.31. The van der Waals surface area contributed by atoms with Gasteiger partial charge in [-0.3, -0.25) is 4.68 Å². The molecule has 0 bridgehead atoms. The van der Waals surface area contributed by atoms with E-state index in [1.807, 2.05) is 7.05 Å². The molecule has 1 aromatic heterocycles. The van der Waals surface area contributed by atoms with Crippen molar-refractivity contribution in [3.05, 3.63) is 40.7 Å². The van der Waals surface area contributed by atoms with E-state index in [0.717, 1.165) is 57.3 Å². The van der Waals surface area contributed by atoms with Crippen molar-refractivity contribution in [3.63, 3.8) is 0 Å². The minimum Gasteiger partial charge on any atom is -1.00 e. The van der Waals surface area contributed by atoms with E-state index >= 15 is 0 Å². The Bertz CT molecular complexity index is 1240. The molecule has 2 fully saturated rings. The largest absolute Gasteiger partial charge is 1.00 e. The van der Waals surface area contributed by atoms with E-state index in [9.17, 15) is 13.2 Å². The molecule has 0 unspecified atom stereocenters. The second-order valence-electron chi connectivity index (χ2n) is 10.5. The molecule has 2 amide bonds. The van der Waals surface area contributed by atoms with Gasteiger partial charge in [0.1, 0.15) is 0 Å². The fraction of sp³-hybridized carbons (Fsp3) is 0.600. The van der Waals surface area contributed by atoms with Crippen LogP contribution in [0.5, 0.6) is 0 Å². The normalized spacial score (nSPS) is 20.0. The van der Waals surface area contributed by atoms with Gasteiger partial charge in [-0.15, -0.1) is 0 Å². The van der Waals surface area contributed by atoms with E-state index in [-0.39, 0.29) is 43.1 Å². The molecule has 196 valence electrons. The number of amides is 2. The average Bonchev–Trinajstić information content (AvgIpc) is 3.54. The van der Waals surface area contributed by atoms with Crippen LogP contribution in [-0.4, -0.2) is 68.5 Å². The van der Waals surface area contributed by atoms with Crippen LogP contribution in [0, 0.1) is 0 Å². The Balaban J connectivity index is 0.00000168. The monoisotopic (exact) mass is 538 g/mol. The van der Waals surface area contributed by atoms with Crippen molar-refractivity contribution in [1.29, 1.82) is 0 Å². The van der Waals surface area contributed by atoms with E-state index in [1.165, 1.54) is 26.6 Å². The molecule has 4 aliphatic rings. The van der Waals surface area contributed by atoms with Crippen LogP contribution in [0.3, 0.4) is 0 Å². The van der Waals surface area contributed by atoms with E-state index in [0.29, 0.717) is 31.7 Å². The number of ether oxygens (including phenoxy) is 1. The van der Waals surface area contributed by atoms with Crippen LogP contribution in [0.4, 0.5) is 16.2 Å². The fourth-order valence-corrected chi connectivity index (χ4v) is 7.42. The Morgan fingerprint density at radius 1 is 1.11 bits per heavy atom. The van der Waals surface area contributed by atoms with E-state index < -0.39 is 16.2 Å². The summed E-state index contributed by atoms with van der Waals surface area (Å²) in [7, 11) is -2.14. The third-order valence-corrected chi connectivity index (χ3v) is 9.52. The number of benzene rings is 1. The van der Waals surface area contributed by atoms with E-state index in [2.05, 4.69) is 26.1 Å². The number of piperidine rings is 1. The SMILES string of the molecule is CN1CCC(N(c2cnn(C3COC3)c2)S(=O)(=O)NC(=O)Nc2c3c(cc4c2CCC4)CCC3)CC1.[H-].[Na+]. The number of carbonyl (C=O) groups is 1. The van der Waals surface area contributed by atoms with Gasteiger partial charge >= 0.3 is 45.8 Å². The molecule has 10 nitrogen and oxygen atoms in total. The van der Waals surface area contributed by atoms with Crippen molar-refractivity contribution < 1.29 is 48.9 Å². The maximum absolute atomic E-state index is 13.7. The summed E-state index contributed by atoms with van der Waals surface area (Å²) in [5.74, 6) is 0. The van der Waals surface area contributed by atoms with Crippen molar-refractivity contribution in [1.82, 2.24) is 19.4 Å². The number of anilines is 2.